The maximum Gasteiger partial charge on any atom is 0.328 e. The molecule has 1 N–H and O–H groups in total. The smallest absolute Gasteiger partial charge is 0.328 e. The number of rotatable bonds is 9. The van der Waals surface area contributed by atoms with Crippen molar-refractivity contribution in [2.45, 2.75) is 33.2 Å². The third kappa shape index (κ3) is 6.12. The van der Waals surface area contributed by atoms with E-state index in [2.05, 4.69) is 5.32 Å². The molecule has 0 spiro atoms. The number of benzene rings is 2. The fourth-order valence-corrected chi connectivity index (χ4v) is 3.30. The van der Waals surface area contributed by atoms with Crippen molar-refractivity contribution in [1.82, 2.24) is 5.32 Å². The van der Waals surface area contributed by atoms with Crippen molar-refractivity contribution in [3.63, 3.8) is 0 Å². The van der Waals surface area contributed by atoms with Crippen molar-refractivity contribution < 1.29 is 28.2 Å². The van der Waals surface area contributed by atoms with Gasteiger partial charge < -0.3 is 23.9 Å². The standard InChI is InChI=1S/C25H27NO7/c1-15(2)12-20(25(29)30-4)26-22(27)14-31-18-10-11-19-21(13-18)32-16(3)24(23(19)28)33-17-8-6-5-7-9-17/h5-11,13,15,20H,12,14H2,1-4H3,(H,26,27)/t20-/m1/s1. The second kappa shape index (κ2) is 10.7. The molecule has 3 rings (SSSR count). The highest BCUT2D eigenvalue weighted by Gasteiger charge is 2.23. The average molecular weight is 453 g/mol. The molecule has 1 aromatic heterocycles. The molecule has 0 radical (unpaired) electrons. The number of nitrogens with one attached hydrogen (secondary N) is 1. The van der Waals surface area contributed by atoms with E-state index in [1.165, 1.54) is 13.2 Å². The van der Waals surface area contributed by atoms with Crippen LogP contribution in [-0.2, 0) is 14.3 Å². The highest BCUT2D eigenvalue weighted by Crippen LogP contribution is 2.27. The summed E-state index contributed by atoms with van der Waals surface area (Å²) < 4.78 is 21.8. The van der Waals surface area contributed by atoms with Gasteiger partial charge in [0.15, 0.2) is 6.61 Å². The first kappa shape index (κ1) is 23.8. The van der Waals surface area contributed by atoms with Crippen molar-refractivity contribution in [2.24, 2.45) is 5.92 Å². The topological polar surface area (TPSA) is 104 Å². The summed E-state index contributed by atoms with van der Waals surface area (Å²) in [4.78, 5) is 37.1. The molecule has 2 aromatic carbocycles. The summed E-state index contributed by atoms with van der Waals surface area (Å²) in [6.07, 6.45) is 0.451. The first-order valence-electron chi connectivity index (χ1n) is 10.6. The van der Waals surface area contributed by atoms with E-state index in [1.807, 2.05) is 32.0 Å². The molecular weight excluding hydrogens is 426 g/mol. The number of fused-ring (bicyclic) bond motifs is 1. The Bertz CT molecular complexity index is 1180. The number of methoxy groups -OCH3 is 1. The molecule has 0 aliphatic carbocycles. The van der Waals surface area contributed by atoms with Gasteiger partial charge in [-0.2, -0.15) is 0 Å². The van der Waals surface area contributed by atoms with Gasteiger partial charge >= 0.3 is 5.97 Å². The van der Waals surface area contributed by atoms with Crippen LogP contribution in [0, 0.1) is 12.8 Å². The van der Waals surface area contributed by atoms with Crippen LogP contribution in [-0.4, -0.2) is 31.6 Å². The minimum Gasteiger partial charge on any atom is -0.484 e. The van der Waals surface area contributed by atoms with E-state index in [-0.39, 0.29) is 23.7 Å². The predicted molar refractivity (Wildman–Crippen MR) is 123 cm³/mol. The summed E-state index contributed by atoms with van der Waals surface area (Å²) in [5.74, 6) is 0.527. The SMILES string of the molecule is COC(=O)[C@@H](CC(C)C)NC(=O)COc1ccc2c(=O)c(Oc3ccccc3)c(C)oc2c1. The molecule has 174 valence electrons. The first-order chi connectivity index (χ1) is 15.8. The highest BCUT2D eigenvalue weighted by atomic mass is 16.5. The van der Waals surface area contributed by atoms with Crippen LogP contribution in [0.1, 0.15) is 26.0 Å². The lowest BCUT2D eigenvalue weighted by Crippen LogP contribution is -2.44. The monoisotopic (exact) mass is 453 g/mol. The molecule has 0 fully saturated rings. The van der Waals surface area contributed by atoms with Crippen LogP contribution in [0.15, 0.2) is 57.7 Å². The van der Waals surface area contributed by atoms with E-state index < -0.39 is 17.9 Å². The van der Waals surface area contributed by atoms with Crippen LogP contribution in [0.3, 0.4) is 0 Å². The van der Waals surface area contributed by atoms with Crippen LogP contribution in [0.5, 0.6) is 17.2 Å². The minimum atomic E-state index is -0.744. The quantitative estimate of drug-likeness (QED) is 0.489. The van der Waals surface area contributed by atoms with Crippen molar-refractivity contribution in [1.29, 1.82) is 0 Å². The second-order valence-electron chi connectivity index (χ2n) is 7.95. The molecule has 0 saturated heterocycles. The highest BCUT2D eigenvalue weighted by molar-refractivity contribution is 5.85. The Morgan fingerprint density at radius 2 is 1.79 bits per heavy atom. The number of para-hydroxylation sites is 1. The van der Waals surface area contributed by atoms with Crippen molar-refractivity contribution >= 4 is 22.8 Å². The van der Waals surface area contributed by atoms with E-state index in [1.54, 1.807) is 31.2 Å². The first-order valence-corrected chi connectivity index (χ1v) is 10.6. The van der Waals surface area contributed by atoms with Gasteiger partial charge in [-0.25, -0.2) is 4.79 Å². The number of esters is 1. The van der Waals surface area contributed by atoms with Gasteiger partial charge in [-0.3, -0.25) is 9.59 Å². The molecular formula is C25H27NO7. The maximum atomic E-state index is 12.9. The normalized spacial score (nSPS) is 11.8. The van der Waals surface area contributed by atoms with E-state index in [0.717, 1.165) is 0 Å². The Morgan fingerprint density at radius 3 is 2.45 bits per heavy atom. The van der Waals surface area contributed by atoms with E-state index in [4.69, 9.17) is 18.6 Å². The number of aryl methyl sites for hydroxylation is 1. The van der Waals surface area contributed by atoms with Gasteiger partial charge in [0.2, 0.25) is 11.2 Å². The summed E-state index contributed by atoms with van der Waals surface area (Å²) in [5.41, 5.74) is -0.000402. The van der Waals surface area contributed by atoms with Gasteiger partial charge in [-0.15, -0.1) is 0 Å². The number of amides is 1. The number of hydrogen-bond acceptors (Lipinski definition) is 7. The van der Waals surface area contributed by atoms with E-state index in [0.29, 0.717) is 34.6 Å². The Balaban J connectivity index is 1.72. The molecule has 8 nitrogen and oxygen atoms in total. The summed E-state index contributed by atoms with van der Waals surface area (Å²) >= 11 is 0. The number of carbonyl (C=O) groups excluding carboxylic acids is 2. The summed E-state index contributed by atoms with van der Waals surface area (Å²) in [7, 11) is 1.28. The Labute approximate surface area is 191 Å². The fourth-order valence-electron chi connectivity index (χ4n) is 3.30. The Kier molecular flexibility index (Phi) is 7.71. The largest absolute Gasteiger partial charge is 0.484 e. The lowest BCUT2D eigenvalue weighted by atomic mass is 10.0. The average Bonchev–Trinajstić information content (AvgIpc) is 2.79. The zero-order chi connectivity index (χ0) is 24.0. The molecule has 0 aliphatic heterocycles. The Hall–Kier alpha value is -3.81. The van der Waals surface area contributed by atoms with Crippen LogP contribution < -0.4 is 20.2 Å². The third-order valence-corrected chi connectivity index (χ3v) is 4.85. The summed E-state index contributed by atoms with van der Waals surface area (Å²) in [6, 6.07) is 12.9. The zero-order valence-electron chi connectivity index (χ0n) is 19.0. The Morgan fingerprint density at radius 1 is 1.06 bits per heavy atom. The van der Waals surface area contributed by atoms with Crippen LogP contribution in [0.2, 0.25) is 0 Å². The molecule has 8 heteroatoms. The lowest BCUT2D eigenvalue weighted by Gasteiger charge is -2.18. The molecule has 0 unspecified atom stereocenters. The lowest BCUT2D eigenvalue weighted by molar-refractivity contribution is -0.145. The van der Waals surface area contributed by atoms with E-state index in [9.17, 15) is 14.4 Å². The minimum absolute atomic E-state index is 0.112. The van der Waals surface area contributed by atoms with Gasteiger partial charge in [-0.05, 0) is 43.5 Å². The molecule has 1 heterocycles. The molecule has 0 bridgehead atoms. The van der Waals surface area contributed by atoms with Gasteiger partial charge in [-0.1, -0.05) is 32.0 Å². The number of hydrogen-bond donors (Lipinski definition) is 1. The third-order valence-electron chi connectivity index (χ3n) is 4.85. The van der Waals surface area contributed by atoms with Crippen molar-refractivity contribution in [2.75, 3.05) is 13.7 Å². The number of carbonyl (C=O) groups is 2. The van der Waals surface area contributed by atoms with Gasteiger partial charge in [0.1, 0.15) is 28.9 Å². The zero-order valence-corrected chi connectivity index (χ0v) is 19.0. The molecule has 0 saturated carbocycles. The second-order valence-corrected chi connectivity index (χ2v) is 7.95. The summed E-state index contributed by atoms with van der Waals surface area (Å²) in [6.45, 7) is 5.22. The predicted octanol–water partition coefficient (Wildman–Crippen LogP) is 3.98. The van der Waals surface area contributed by atoms with Crippen LogP contribution in [0.25, 0.3) is 11.0 Å². The molecule has 3 aromatic rings. The van der Waals surface area contributed by atoms with Gasteiger partial charge in [0, 0.05) is 6.07 Å². The van der Waals surface area contributed by atoms with Crippen molar-refractivity contribution in [3.8, 4) is 17.2 Å². The van der Waals surface area contributed by atoms with Crippen LogP contribution in [0.4, 0.5) is 0 Å². The van der Waals surface area contributed by atoms with Crippen LogP contribution >= 0.6 is 0 Å². The molecule has 0 aliphatic rings. The molecule has 1 amide bonds. The molecule has 33 heavy (non-hydrogen) atoms. The van der Waals surface area contributed by atoms with Gasteiger partial charge in [0.05, 0.1) is 12.5 Å². The maximum absolute atomic E-state index is 12.9. The van der Waals surface area contributed by atoms with Crippen molar-refractivity contribution in [3.05, 3.63) is 64.5 Å². The summed E-state index contributed by atoms with van der Waals surface area (Å²) in [5, 5.41) is 2.95. The molecule has 1 atom stereocenters. The van der Waals surface area contributed by atoms with Gasteiger partial charge in [0.25, 0.3) is 5.91 Å². The van der Waals surface area contributed by atoms with E-state index >= 15 is 0 Å². The number of ether oxygens (including phenoxy) is 3. The fraction of sp³-hybridized carbons (Fsp3) is 0.320.